The van der Waals surface area contributed by atoms with Gasteiger partial charge in [0.05, 0.1) is 29.3 Å². The van der Waals surface area contributed by atoms with Crippen LogP contribution in [0.1, 0.15) is 34.3 Å². The molecular formula is C29H24ClN3O4. The van der Waals surface area contributed by atoms with E-state index in [4.69, 9.17) is 16.3 Å². The zero-order valence-corrected chi connectivity index (χ0v) is 20.8. The number of Topliss-reactive ketones (excluding diaryl/α,β-unsaturated/α-hetero) is 1. The summed E-state index contributed by atoms with van der Waals surface area (Å²) in [6, 6.07) is 19.5. The van der Waals surface area contributed by atoms with Gasteiger partial charge in [0.2, 0.25) is 5.91 Å². The second-order valence-corrected chi connectivity index (χ2v) is 10.5. The molecule has 2 fully saturated rings. The standard InChI is InChI=1S/C29H24ClN3O4/c1-37-22-14-5-2-8-16(22)25(34)23-21-13-7-15-33(21)29(18-10-6-11-19(30)24(18)32-27(29)36)28(23)17-9-3-4-12-20(17)31-26(28)35/h2-6,8-12,14,21,23H,7,13,15H2,1H3,(H,31,35)(H,32,36)/t21-,23-,28+,29-/m1/s1. The molecule has 0 aliphatic carbocycles. The molecule has 4 atom stereocenters. The second kappa shape index (κ2) is 7.66. The number of nitrogens with one attached hydrogen (secondary N) is 2. The van der Waals surface area contributed by atoms with Gasteiger partial charge >= 0.3 is 0 Å². The van der Waals surface area contributed by atoms with E-state index in [0.29, 0.717) is 51.8 Å². The van der Waals surface area contributed by atoms with Crippen molar-refractivity contribution in [1.29, 1.82) is 0 Å². The van der Waals surface area contributed by atoms with Crippen LogP contribution in [-0.4, -0.2) is 42.2 Å². The largest absolute Gasteiger partial charge is 0.496 e. The number of fused-ring (bicyclic) bond motifs is 7. The highest BCUT2D eigenvalue weighted by Gasteiger charge is 2.81. The Morgan fingerprint density at radius 1 is 0.973 bits per heavy atom. The van der Waals surface area contributed by atoms with Crippen molar-refractivity contribution in [3.05, 3.63) is 88.4 Å². The van der Waals surface area contributed by atoms with Gasteiger partial charge in [0, 0.05) is 17.3 Å². The zero-order chi connectivity index (χ0) is 25.5. The van der Waals surface area contributed by atoms with Crippen molar-refractivity contribution in [2.45, 2.75) is 29.8 Å². The molecule has 0 bridgehead atoms. The van der Waals surface area contributed by atoms with Gasteiger partial charge in [-0.1, -0.05) is 54.1 Å². The van der Waals surface area contributed by atoms with Gasteiger partial charge in [0.15, 0.2) is 5.78 Å². The van der Waals surface area contributed by atoms with E-state index >= 15 is 0 Å². The highest BCUT2D eigenvalue weighted by Crippen LogP contribution is 2.68. The fourth-order valence-electron chi connectivity index (χ4n) is 7.59. The molecule has 4 heterocycles. The van der Waals surface area contributed by atoms with Crippen molar-refractivity contribution >= 4 is 40.6 Å². The third-order valence-electron chi connectivity index (χ3n) is 8.74. The van der Waals surface area contributed by atoms with Crippen molar-refractivity contribution in [3.8, 4) is 5.75 Å². The molecule has 2 saturated heterocycles. The Bertz CT molecular complexity index is 1520. The summed E-state index contributed by atoms with van der Waals surface area (Å²) in [6.07, 6.45) is 1.50. The summed E-state index contributed by atoms with van der Waals surface area (Å²) in [5.41, 5.74) is -0.124. The fraction of sp³-hybridized carbons (Fsp3) is 0.276. The predicted molar refractivity (Wildman–Crippen MR) is 139 cm³/mol. The number of para-hydroxylation sites is 3. The van der Waals surface area contributed by atoms with Crippen LogP contribution in [-0.2, 0) is 20.5 Å². The summed E-state index contributed by atoms with van der Waals surface area (Å²) >= 11 is 6.59. The van der Waals surface area contributed by atoms with Crippen LogP contribution in [0, 0.1) is 5.92 Å². The van der Waals surface area contributed by atoms with Crippen LogP contribution in [0.25, 0.3) is 0 Å². The van der Waals surface area contributed by atoms with E-state index in [1.807, 2.05) is 36.4 Å². The molecule has 7 nitrogen and oxygen atoms in total. The summed E-state index contributed by atoms with van der Waals surface area (Å²) < 4.78 is 5.56. The molecule has 186 valence electrons. The molecule has 37 heavy (non-hydrogen) atoms. The minimum atomic E-state index is -1.51. The summed E-state index contributed by atoms with van der Waals surface area (Å²) in [5, 5.41) is 6.45. The Balaban J connectivity index is 1.60. The normalized spacial score (nSPS) is 29.2. The van der Waals surface area contributed by atoms with E-state index < -0.39 is 16.9 Å². The number of rotatable bonds is 3. The Kier molecular flexibility index (Phi) is 4.66. The number of halogens is 1. The number of carbonyl (C=O) groups is 3. The first-order chi connectivity index (χ1) is 18.0. The highest BCUT2D eigenvalue weighted by atomic mass is 35.5. The lowest BCUT2D eigenvalue weighted by Crippen LogP contribution is -2.62. The number of benzene rings is 3. The number of ketones is 1. The number of amides is 2. The molecular weight excluding hydrogens is 490 g/mol. The average molecular weight is 514 g/mol. The third kappa shape index (κ3) is 2.49. The molecule has 7 rings (SSSR count). The highest BCUT2D eigenvalue weighted by molar-refractivity contribution is 6.35. The lowest BCUT2D eigenvalue weighted by Gasteiger charge is -2.43. The molecule has 2 N–H and O–H groups in total. The Hall–Kier alpha value is -3.68. The van der Waals surface area contributed by atoms with Gasteiger partial charge in [-0.2, -0.15) is 0 Å². The first-order valence-corrected chi connectivity index (χ1v) is 12.8. The zero-order valence-electron chi connectivity index (χ0n) is 20.1. The first-order valence-electron chi connectivity index (χ1n) is 12.4. The maximum Gasteiger partial charge on any atom is 0.251 e. The van der Waals surface area contributed by atoms with Crippen molar-refractivity contribution in [2.75, 3.05) is 24.3 Å². The predicted octanol–water partition coefficient (Wildman–Crippen LogP) is 4.36. The monoisotopic (exact) mass is 513 g/mol. The van der Waals surface area contributed by atoms with E-state index in [1.54, 1.807) is 30.3 Å². The number of hydrogen-bond acceptors (Lipinski definition) is 5. The molecule has 4 aliphatic rings. The number of methoxy groups -OCH3 is 1. The van der Waals surface area contributed by atoms with Gasteiger partial charge in [0.1, 0.15) is 16.7 Å². The van der Waals surface area contributed by atoms with Gasteiger partial charge in [-0.15, -0.1) is 0 Å². The smallest absolute Gasteiger partial charge is 0.251 e. The van der Waals surface area contributed by atoms with Gasteiger partial charge in [0.25, 0.3) is 5.91 Å². The number of carbonyl (C=O) groups excluding carboxylic acids is 3. The molecule has 0 aromatic heterocycles. The second-order valence-electron chi connectivity index (χ2n) is 10.1. The van der Waals surface area contributed by atoms with Crippen LogP contribution in [0.15, 0.2) is 66.7 Å². The van der Waals surface area contributed by atoms with Crippen LogP contribution in [0.3, 0.4) is 0 Å². The van der Waals surface area contributed by atoms with E-state index in [-0.39, 0.29) is 23.6 Å². The third-order valence-corrected chi connectivity index (χ3v) is 9.05. The van der Waals surface area contributed by atoms with Gasteiger partial charge in [-0.3, -0.25) is 19.3 Å². The molecule has 8 heteroatoms. The molecule has 3 aromatic rings. The molecule has 0 radical (unpaired) electrons. The van der Waals surface area contributed by atoms with Crippen LogP contribution < -0.4 is 15.4 Å². The SMILES string of the molecule is COc1ccccc1C(=O)[C@H]1[C@H]2CCCN2[C@]2(C(=O)Nc3c(Cl)cccc32)[C@]12C(=O)Nc1ccccc12. The van der Waals surface area contributed by atoms with Crippen LogP contribution in [0.5, 0.6) is 5.75 Å². The summed E-state index contributed by atoms with van der Waals surface area (Å²) in [6.45, 7) is 0.580. The molecule has 2 spiro atoms. The van der Waals surface area contributed by atoms with Crippen LogP contribution in [0.4, 0.5) is 11.4 Å². The molecule has 4 aliphatic heterocycles. The molecule has 0 unspecified atom stereocenters. The summed E-state index contributed by atoms with van der Waals surface area (Å²) in [4.78, 5) is 45.6. The van der Waals surface area contributed by atoms with E-state index in [1.165, 1.54) is 7.11 Å². The van der Waals surface area contributed by atoms with Crippen LogP contribution in [0.2, 0.25) is 5.02 Å². The summed E-state index contributed by atoms with van der Waals surface area (Å²) in [5.74, 6) is -1.27. The molecule has 3 aromatic carbocycles. The van der Waals surface area contributed by atoms with Crippen molar-refractivity contribution in [1.82, 2.24) is 4.90 Å². The quantitative estimate of drug-likeness (QED) is 0.508. The van der Waals surface area contributed by atoms with E-state index in [9.17, 15) is 14.4 Å². The van der Waals surface area contributed by atoms with E-state index in [2.05, 4.69) is 15.5 Å². The number of hydrogen-bond donors (Lipinski definition) is 2. The lowest BCUT2D eigenvalue weighted by atomic mass is 9.57. The maximum atomic E-state index is 14.7. The molecule has 0 saturated carbocycles. The lowest BCUT2D eigenvalue weighted by molar-refractivity contribution is -0.137. The maximum absolute atomic E-state index is 14.7. The Morgan fingerprint density at radius 2 is 1.73 bits per heavy atom. The van der Waals surface area contributed by atoms with Crippen molar-refractivity contribution in [2.24, 2.45) is 5.92 Å². The van der Waals surface area contributed by atoms with Crippen molar-refractivity contribution in [3.63, 3.8) is 0 Å². The van der Waals surface area contributed by atoms with E-state index in [0.717, 1.165) is 6.42 Å². The minimum Gasteiger partial charge on any atom is -0.496 e. The Morgan fingerprint density at radius 3 is 2.57 bits per heavy atom. The molecule has 2 amide bonds. The van der Waals surface area contributed by atoms with Gasteiger partial charge in [-0.25, -0.2) is 0 Å². The fourth-order valence-corrected chi connectivity index (χ4v) is 7.81. The van der Waals surface area contributed by atoms with Gasteiger partial charge in [-0.05, 0) is 49.2 Å². The van der Waals surface area contributed by atoms with Crippen molar-refractivity contribution < 1.29 is 19.1 Å². The van der Waals surface area contributed by atoms with Crippen LogP contribution >= 0.6 is 11.6 Å². The Labute approximate surface area is 218 Å². The first kappa shape index (κ1) is 22.5. The summed E-state index contributed by atoms with van der Waals surface area (Å²) in [7, 11) is 1.53. The van der Waals surface area contributed by atoms with Gasteiger partial charge < -0.3 is 15.4 Å². The topological polar surface area (TPSA) is 87.7 Å². The number of ether oxygens (including phenoxy) is 1. The number of anilines is 2. The number of nitrogens with zero attached hydrogens (tertiary/aromatic N) is 1. The minimum absolute atomic E-state index is 0.207. The average Bonchev–Trinajstić information content (AvgIpc) is 3.63.